The Bertz CT molecular complexity index is 720. The van der Waals surface area contributed by atoms with E-state index in [1.54, 1.807) is 0 Å². The number of halogens is 2. The molecule has 1 aliphatic rings. The zero-order valence-electron chi connectivity index (χ0n) is 11.8. The second-order valence-electron chi connectivity index (χ2n) is 5.34. The minimum absolute atomic E-state index is 0.0129. The van der Waals surface area contributed by atoms with E-state index in [1.165, 1.54) is 12.1 Å². The Hall–Kier alpha value is -2.07. The van der Waals surface area contributed by atoms with Crippen LogP contribution in [0.25, 0.3) is 0 Å². The van der Waals surface area contributed by atoms with Crippen LogP contribution in [0.15, 0.2) is 42.5 Å². The number of carbonyl (C=O) groups is 1. The van der Waals surface area contributed by atoms with Gasteiger partial charge in [0, 0.05) is 11.6 Å². The van der Waals surface area contributed by atoms with E-state index in [1.807, 2.05) is 29.2 Å². The van der Waals surface area contributed by atoms with Crippen molar-refractivity contribution in [3.05, 3.63) is 64.4 Å². The van der Waals surface area contributed by atoms with E-state index in [0.29, 0.717) is 10.7 Å². The highest BCUT2D eigenvalue weighted by atomic mass is 35.5. The summed E-state index contributed by atoms with van der Waals surface area (Å²) in [6.07, 6.45) is 1.83. The van der Waals surface area contributed by atoms with Crippen molar-refractivity contribution in [1.82, 2.24) is 0 Å². The molecule has 1 saturated heterocycles. The zero-order chi connectivity index (χ0) is 15.7. The van der Waals surface area contributed by atoms with Gasteiger partial charge in [0.15, 0.2) is 0 Å². The molecule has 3 rings (SSSR count). The van der Waals surface area contributed by atoms with E-state index in [4.69, 9.17) is 16.7 Å². The second kappa shape index (κ2) is 5.97. The van der Waals surface area contributed by atoms with Gasteiger partial charge in [0.05, 0.1) is 17.3 Å². The summed E-state index contributed by atoms with van der Waals surface area (Å²) in [5.74, 6) is -1.65. The van der Waals surface area contributed by atoms with Crippen molar-refractivity contribution in [2.75, 3.05) is 11.4 Å². The monoisotopic (exact) mass is 319 g/mol. The highest BCUT2D eigenvalue weighted by molar-refractivity contribution is 6.31. The number of anilines is 1. The van der Waals surface area contributed by atoms with Crippen molar-refractivity contribution in [3.8, 4) is 0 Å². The molecule has 5 heteroatoms. The Morgan fingerprint density at radius 1 is 1.27 bits per heavy atom. The minimum Gasteiger partial charge on any atom is -0.478 e. The van der Waals surface area contributed by atoms with Crippen LogP contribution in [-0.4, -0.2) is 17.6 Å². The predicted molar refractivity (Wildman–Crippen MR) is 84.1 cm³/mol. The lowest BCUT2D eigenvalue weighted by molar-refractivity contribution is 0.0696. The topological polar surface area (TPSA) is 40.5 Å². The van der Waals surface area contributed by atoms with Gasteiger partial charge in [0.2, 0.25) is 0 Å². The fourth-order valence-electron chi connectivity index (χ4n) is 3.00. The molecule has 0 spiro atoms. The summed E-state index contributed by atoms with van der Waals surface area (Å²) < 4.78 is 14.3. The highest BCUT2D eigenvalue weighted by Crippen LogP contribution is 2.39. The van der Waals surface area contributed by atoms with Gasteiger partial charge in [0.1, 0.15) is 5.82 Å². The fraction of sp³-hybridized carbons (Fsp3) is 0.235. The van der Waals surface area contributed by atoms with Crippen LogP contribution >= 0.6 is 11.6 Å². The van der Waals surface area contributed by atoms with Crippen LogP contribution in [0.4, 0.5) is 10.1 Å². The summed E-state index contributed by atoms with van der Waals surface area (Å²) in [5.41, 5.74) is 1.35. The Labute approximate surface area is 132 Å². The Morgan fingerprint density at radius 3 is 2.73 bits per heavy atom. The summed E-state index contributed by atoms with van der Waals surface area (Å²) in [4.78, 5) is 12.9. The first-order valence-electron chi connectivity index (χ1n) is 7.12. The maximum Gasteiger partial charge on any atom is 0.335 e. The maximum atomic E-state index is 14.3. The molecule has 1 atom stereocenters. The van der Waals surface area contributed by atoms with Gasteiger partial charge in [-0.2, -0.15) is 0 Å². The summed E-state index contributed by atoms with van der Waals surface area (Å²) >= 11 is 6.27. The SMILES string of the molecule is O=C(O)c1ccc(N2CCCC2c2ccccc2Cl)c(F)c1. The summed E-state index contributed by atoms with van der Waals surface area (Å²) in [7, 11) is 0. The van der Waals surface area contributed by atoms with Gasteiger partial charge in [-0.1, -0.05) is 29.8 Å². The predicted octanol–water partition coefficient (Wildman–Crippen LogP) is 4.52. The third-order valence-electron chi connectivity index (χ3n) is 4.02. The molecular formula is C17H15ClFNO2. The van der Waals surface area contributed by atoms with Crippen LogP contribution in [0.1, 0.15) is 34.8 Å². The molecule has 1 N–H and O–H groups in total. The quantitative estimate of drug-likeness (QED) is 0.904. The second-order valence-corrected chi connectivity index (χ2v) is 5.75. The minimum atomic E-state index is -1.13. The van der Waals surface area contributed by atoms with Crippen LogP contribution in [-0.2, 0) is 0 Å². The number of carboxylic acids is 1. The van der Waals surface area contributed by atoms with Gasteiger partial charge in [-0.05, 0) is 42.7 Å². The van der Waals surface area contributed by atoms with Crippen LogP contribution < -0.4 is 4.90 Å². The molecule has 2 aromatic carbocycles. The number of carboxylic acid groups (broad SMARTS) is 1. The average Bonchev–Trinajstić information content (AvgIpc) is 2.96. The number of benzene rings is 2. The van der Waals surface area contributed by atoms with Crippen LogP contribution in [0.5, 0.6) is 0 Å². The third kappa shape index (κ3) is 2.66. The molecule has 0 saturated carbocycles. The lowest BCUT2D eigenvalue weighted by Gasteiger charge is -2.28. The molecule has 114 valence electrons. The number of nitrogens with zero attached hydrogens (tertiary/aromatic N) is 1. The van der Waals surface area contributed by atoms with Crippen molar-refractivity contribution < 1.29 is 14.3 Å². The lowest BCUT2D eigenvalue weighted by atomic mass is 10.0. The smallest absolute Gasteiger partial charge is 0.335 e. The normalized spacial score (nSPS) is 17.7. The largest absolute Gasteiger partial charge is 0.478 e. The summed E-state index contributed by atoms with van der Waals surface area (Å²) in [5, 5.41) is 9.60. The average molecular weight is 320 g/mol. The van der Waals surface area contributed by atoms with Crippen molar-refractivity contribution in [2.24, 2.45) is 0 Å². The van der Waals surface area contributed by atoms with E-state index < -0.39 is 11.8 Å². The fourth-order valence-corrected chi connectivity index (χ4v) is 3.26. The molecule has 3 nitrogen and oxygen atoms in total. The van der Waals surface area contributed by atoms with Crippen LogP contribution in [0.2, 0.25) is 5.02 Å². The molecule has 2 aromatic rings. The molecule has 1 aliphatic heterocycles. The van der Waals surface area contributed by atoms with E-state index in [0.717, 1.165) is 31.0 Å². The summed E-state index contributed by atoms with van der Waals surface area (Å²) in [6.45, 7) is 0.721. The van der Waals surface area contributed by atoms with Crippen molar-refractivity contribution in [1.29, 1.82) is 0 Å². The molecule has 0 aromatic heterocycles. The molecule has 1 unspecified atom stereocenters. The molecule has 0 radical (unpaired) electrons. The van der Waals surface area contributed by atoms with Crippen molar-refractivity contribution in [2.45, 2.75) is 18.9 Å². The Morgan fingerprint density at radius 2 is 2.05 bits per heavy atom. The van der Waals surface area contributed by atoms with Gasteiger partial charge in [-0.3, -0.25) is 0 Å². The first-order valence-corrected chi connectivity index (χ1v) is 7.49. The Balaban J connectivity index is 1.97. The summed E-state index contributed by atoms with van der Waals surface area (Å²) in [6, 6.07) is 11.6. The van der Waals surface area contributed by atoms with Gasteiger partial charge < -0.3 is 10.0 Å². The van der Waals surface area contributed by atoms with E-state index >= 15 is 0 Å². The number of rotatable bonds is 3. The number of aromatic carboxylic acids is 1. The van der Waals surface area contributed by atoms with E-state index in [9.17, 15) is 9.18 Å². The van der Waals surface area contributed by atoms with Crippen molar-refractivity contribution in [3.63, 3.8) is 0 Å². The first-order chi connectivity index (χ1) is 10.6. The third-order valence-corrected chi connectivity index (χ3v) is 4.37. The molecule has 0 bridgehead atoms. The molecule has 22 heavy (non-hydrogen) atoms. The Kier molecular flexibility index (Phi) is 4.03. The lowest BCUT2D eigenvalue weighted by Crippen LogP contribution is -2.24. The number of hydrogen-bond donors (Lipinski definition) is 1. The van der Waals surface area contributed by atoms with E-state index in [2.05, 4.69) is 0 Å². The van der Waals surface area contributed by atoms with E-state index in [-0.39, 0.29) is 11.6 Å². The molecule has 1 fully saturated rings. The maximum absolute atomic E-state index is 14.3. The van der Waals surface area contributed by atoms with Gasteiger partial charge in [-0.25, -0.2) is 9.18 Å². The van der Waals surface area contributed by atoms with Crippen LogP contribution in [0.3, 0.4) is 0 Å². The molecular weight excluding hydrogens is 305 g/mol. The molecule has 0 aliphatic carbocycles. The van der Waals surface area contributed by atoms with Gasteiger partial charge in [-0.15, -0.1) is 0 Å². The molecule has 1 heterocycles. The van der Waals surface area contributed by atoms with Crippen molar-refractivity contribution >= 4 is 23.3 Å². The van der Waals surface area contributed by atoms with Crippen LogP contribution in [0, 0.1) is 5.82 Å². The first kappa shape index (κ1) is 14.9. The highest BCUT2D eigenvalue weighted by Gasteiger charge is 2.29. The number of hydrogen-bond acceptors (Lipinski definition) is 2. The zero-order valence-corrected chi connectivity index (χ0v) is 12.6. The van der Waals surface area contributed by atoms with Gasteiger partial charge >= 0.3 is 5.97 Å². The molecule has 0 amide bonds. The van der Waals surface area contributed by atoms with Gasteiger partial charge in [0.25, 0.3) is 0 Å². The standard InChI is InChI=1S/C17H15ClFNO2/c18-13-5-2-1-4-12(13)15-6-3-9-20(15)16-8-7-11(17(21)22)10-14(16)19/h1-2,4-5,7-8,10,15H,3,6,9H2,(H,21,22).